The van der Waals surface area contributed by atoms with Crippen LogP contribution >= 0.6 is 11.3 Å². The number of nitrogens with one attached hydrogen (secondary N) is 1. The molecule has 0 bridgehead atoms. The number of non-ortho nitro benzene ring substituents is 1. The monoisotopic (exact) mass is 469 g/mol. The molecule has 1 N–H and O–H groups in total. The molecule has 1 amide bonds. The topological polar surface area (TPSA) is 142 Å². The van der Waals surface area contributed by atoms with Crippen LogP contribution in [0.15, 0.2) is 42.5 Å². The van der Waals surface area contributed by atoms with Crippen LogP contribution in [0, 0.1) is 34.1 Å². The largest absolute Gasteiger partial charge is 0.462 e. The predicted molar refractivity (Wildman–Crippen MR) is 123 cm³/mol. The minimum Gasteiger partial charge on any atom is -0.462 e. The van der Waals surface area contributed by atoms with Gasteiger partial charge in [-0.05, 0) is 44.5 Å². The molecule has 3 rings (SSSR count). The number of nitrogens with zero attached hydrogens (tertiary/aromatic N) is 2. The summed E-state index contributed by atoms with van der Waals surface area (Å²) in [6, 6.07) is 9.79. The summed E-state index contributed by atoms with van der Waals surface area (Å²) in [5.41, 5.74) is 1.33. The van der Waals surface area contributed by atoms with Crippen LogP contribution in [0.1, 0.15) is 38.1 Å². The SMILES string of the molecule is CCOC(=O)c1c(NC(=O)c2ccc(C)c([N+](=O)[O-])c2)sc(C)c1-c1ccc([N+](=O)[O-])cc1. The lowest BCUT2D eigenvalue weighted by Gasteiger charge is -2.09. The van der Waals surface area contributed by atoms with E-state index in [-0.39, 0.29) is 34.1 Å². The van der Waals surface area contributed by atoms with E-state index in [1.165, 1.54) is 42.5 Å². The van der Waals surface area contributed by atoms with Crippen molar-refractivity contribution in [2.45, 2.75) is 20.8 Å². The van der Waals surface area contributed by atoms with Gasteiger partial charge in [-0.3, -0.25) is 25.0 Å². The number of esters is 1. The highest BCUT2D eigenvalue weighted by Crippen LogP contribution is 2.41. The maximum atomic E-state index is 12.9. The van der Waals surface area contributed by atoms with E-state index in [9.17, 15) is 29.8 Å². The van der Waals surface area contributed by atoms with E-state index >= 15 is 0 Å². The van der Waals surface area contributed by atoms with Gasteiger partial charge in [-0.15, -0.1) is 11.3 Å². The van der Waals surface area contributed by atoms with Crippen LogP contribution in [0.2, 0.25) is 0 Å². The minimum atomic E-state index is -0.666. The van der Waals surface area contributed by atoms with Crippen LogP contribution in [0.5, 0.6) is 0 Å². The quantitative estimate of drug-likeness (QED) is 0.282. The predicted octanol–water partition coefficient (Wildman–Crippen LogP) is 5.28. The Bertz CT molecular complexity index is 1270. The third-order valence-electron chi connectivity index (χ3n) is 4.83. The first-order valence-corrected chi connectivity index (χ1v) is 10.6. The van der Waals surface area contributed by atoms with Crippen molar-refractivity contribution in [2.75, 3.05) is 11.9 Å². The molecule has 1 aromatic heterocycles. The molecular formula is C22H19N3O7S. The molecular weight excluding hydrogens is 450 g/mol. The molecule has 170 valence electrons. The standard InChI is InChI=1S/C22H19N3O7S/c1-4-32-22(27)19-18(14-7-9-16(10-8-14)24(28)29)13(3)33-21(19)23-20(26)15-6-5-12(2)17(11-15)25(30)31/h5-11H,4H2,1-3H3,(H,23,26). The second-order valence-corrected chi connectivity index (χ2v) is 8.20. The van der Waals surface area contributed by atoms with Gasteiger partial charge in [-0.1, -0.05) is 6.07 Å². The van der Waals surface area contributed by atoms with Gasteiger partial charge in [0.25, 0.3) is 17.3 Å². The van der Waals surface area contributed by atoms with Gasteiger partial charge in [0.2, 0.25) is 0 Å². The molecule has 0 atom stereocenters. The van der Waals surface area contributed by atoms with Crippen molar-refractivity contribution in [2.24, 2.45) is 0 Å². The second-order valence-electron chi connectivity index (χ2n) is 6.97. The van der Waals surface area contributed by atoms with Crippen molar-refractivity contribution in [3.63, 3.8) is 0 Å². The minimum absolute atomic E-state index is 0.0602. The molecule has 0 aliphatic heterocycles. The molecule has 3 aromatic rings. The molecule has 0 radical (unpaired) electrons. The number of nitro benzene ring substituents is 2. The number of benzene rings is 2. The third kappa shape index (κ3) is 4.88. The van der Waals surface area contributed by atoms with E-state index in [0.717, 1.165) is 11.3 Å². The Kier molecular flexibility index (Phi) is 6.83. The van der Waals surface area contributed by atoms with E-state index in [2.05, 4.69) is 5.32 Å². The normalized spacial score (nSPS) is 10.5. The summed E-state index contributed by atoms with van der Waals surface area (Å²) >= 11 is 1.14. The number of amides is 1. The van der Waals surface area contributed by atoms with Crippen molar-refractivity contribution in [3.05, 3.63) is 84.3 Å². The van der Waals surface area contributed by atoms with E-state index in [1.807, 2.05) is 0 Å². The summed E-state index contributed by atoms with van der Waals surface area (Å²) in [6.45, 7) is 5.06. The van der Waals surface area contributed by atoms with Crippen molar-refractivity contribution in [1.29, 1.82) is 0 Å². The van der Waals surface area contributed by atoms with Crippen LogP contribution in [-0.4, -0.2) is 28.3 Å². The molecule has 10 nitrogen and oxygen atoms in total. The van der Waals surface area contributed by atoms with E-state index in [0.29, 0.717) is 21.6 Å². The number of anilines is 1. The molecule has 0 saturated carbocycles. The molecule has 33 heavy (non-hydrogen) atoms. The highest BCUT2D eigenvalue weighted by Gasteiger charge is 2.26. The lowest BCUT2D eigenvalue weighted by Crippen LogP contribution is -2.15. The first-order chi connectivity index (χ1) is 15.6. The number of thiophene rings is 1. The number of rotatable bonds is 7. The van der Waals surface area contributed by atoms with Gasteiger partial charge in [-0.25, -0.2) is 4.79 Å². The molecule has 0 aliphatic carbocycles. The molecule has 0 spiro atoms. The Balaban J connectivity index is 2.05. The summed E-state index contributed by atoms with van der Waals surface area (Å²) in [5, 5.41) is 25.1. The Labute approximate surface area is 192 Å². The fraction of sp³-hybridized carbons (Fsp3) is 0.182. The van der Waals surface area contributed by atoms with Gasteiger partial charge in [0.1, 0.15) is 10.6 Å². The Morgan fingerprint density at radius 2 is 1.70 bits per heavy atom. The maximum absolute atomic E-state index is 12.9. The third-order valence-corrected chi connectivity index (χ3v) is 5.85. The number of aryl methyl sites for hydroxylation is 2. The molecule has 1 heterocycles. The van der Waals surface area contributed by atoms with Gasteiger partial charge >= 0.3 is 5.97 Å². The number of ether oxygens (including phenoxy) is 1. The zero-order chi connectivity index (χ0) is 24.3. The van der Waals surface area contributed by atoms with Crippen molar-refractivity contribution < 1.29 is 24.2 Å². The summed E-state index contributed by atoms with van der Waals surface area (Å²) < 4.78 is 5.18. The molecule has 11 heteroatoms. The fourth-order valence-electron chi connectivity index (χ4n) is 3.25. The van der Waals surface area contributed by atoms with Crippen molar-refractivity contribution in [3.8, 4) is 11.1 Å². The van der Waals surface area contributed by atoms with Crippen LogP contribution < -0.4 is 5.32 Å². The van der Waals surface area contributed by atoms with Crippen LogP contribution in [0.3, 0.4) is 0 Å². The average Bonchev–Trinajstić information content (AvgIpc) is 3.09. The molecule has 0 saturated heterocycles. The number of hydrogen-bond donors (Lipinski definition) is 1. The number of nitro groups is 2. The lowest BCUT2D eigenvalue weighted by molar-refractivity contribution is -0.385. The highest BCUT2D eigenvalue weighted by atomic mass is 32.1. The van der Waals surface area contributed by atoms with Crippen LogP contribution in [-0.2, 0) is 4.74 Å². The van der Waals surface area contributed by atoms with Crippen LogP contribution in [0.25, 0.3) is 11.1 Å². The Morgan fingerprint density at radius 1 is 1.03 bits per heavy atom. The Morgan fingerprint density at radius 3 is 2.27 bits per heavy atom. The first-order valence-electron chi connectivity index (χ1n) is 9.75. The van der Waals surface area contributed by atoms with Crippen molar-refractivity contribution >= 4 is 39.6 Å². The van der Waals surface area contributed by atoms with E-state index in [4.69, 9.17) is 4.74 Å². The molecule has 2 aromatic carbocycles. The summed E-state index contributed by atoms with van der Waals surface area (Å²) in [5.74, 6) is -1.29. The van der Waals surface area contributed by atoms with Crippen molar-refractivity contribution in [1.82, 2.24) is 0 Å². The average molecular weight is 469 g/mol. The van der Waals surface area contributed by atoms with Gasteiger partial charge in [0.15, 0.2) is 0 Å². The summed E-state index contributed by atoms with van der Waals surface area (Å²) in [6.07, 6.45) is 0. The highest BCUT2D eigenvalue weighted by molar-refractivity contribution is 7.17. The first kappa shape index (κ1) is 23.5. The number of carbonyl (C=O) groups excluding carboxylic acids is 2. The zero-order valence-corrected chi connectivity index (χ0v) is 18.7. The molecule has 0 unspecified atom stereocenters. The van der Waals surface area contributed by atoms with Gasteiger partial charge < -0.3 is 10.1 Å². The molecule has 0 aliphatic rings. The number of hydrogen-bond acceptors (Lipinski definition) is 8. The Hall–Kier alpha value is -4.12. The zero-order valence-electron chi connectivity index (χ0n) is 17.9. The van der Waals surface area contributed by atoms with Gasteiger partial charge in [-0.2, -0.15) is 0 Å². The summed E-state index contributed by atoms with van der Waals surface area (Å²) in [7, 11) is 0. The second kappa shape index (κ2) is 9.57. The maximum Gasteiger partial charge on any atom is 0.341 e. The number of carbonyl (C=O) groups is 2. The fourth-order valence-corrected chi connectivity index (χ4v) is 4.31. The van der Waals surface area contributed by atoms with Gasteiger partial charge in [0, 0.05) is 39.8 Å². The molecule has 0 fully saturated rings. The smallest absolute Gasteiger partial charge is 0.341 e. The lowest BCUT2D eigenvalue weighted by atomic mass is 10.0. The van der Waals surface area contributed by atoms with E-state index < -0.39 is 21.7 Å². The van der Waals surface area contributed by atoms with Gasteiger partial charge in [0.05, 0.1) is 16.5 Å². The summed E-state index contributed by atoms with van der Waals surface area (Å²) in [4.78, 5) is 47.4. The van der Waals surface area contributed by atoms with E-state index in [1.54, 1.807) is 20.8 Å². The van der Waals surface area contributed by atoms with Crippen LogP contribution in [0.4, 0.5) is 16.4 Å².